The molecule has 1 fully saturated rings. The van der Waals surface area contributed by atoms with Crippen LogP contribution in [0.2, 0.25) is 0 Å². The monoisotopic (exact) mass is 269 g/mol. The maximum Gasteiger partial charge on any atom is 0.236 e. The van der Waals surface area contributed by atoms with Gasteiger partial charge in [0.1, 0.15) is 0 Å². The molecule has 1 aliphatic rings. The third-order valence-corrected chi connectivity index (χ3v) is 3.03. The van der Waals surface area contributed by atoms with Gasteiger partial charge in [-0.15, -0.1) is 0 Å². The van der Waals surface area contributed by atoms with Crippen molar-refractivity contribution in [2.24, 2.45) is 0 Å². The minimum absolute atomic E-state index is 0.0189. The van der Waals surface area contributed by atoms with Crippen LogP contribution in [0.15, 0.2) is 0 Å². The van der Waals surface area contributed by atoms with Crippen LogP contribution in [0.3, 0.4) is 0 Å². The van der Waals surface area contributed by atoms with Crippen LogP contribution in [0.25, 0.3) is 0 Å². The van der Waals surface area contributed by atoms with E-state index in [1.165, 1.54) is 6.42 Å². The Bertz CT molecular complexity index is 304. The number of carbonyl (C=O) groups is 2. The predicted octanol–water partition coefficient (Wildman–Crippen LogP) is 0.893. The summed E-state index contributed by atoms with van der Waals surface area (Å²) < 4.78 is 0. The van der Waals surface area contributed by atoms with Crippen LogP contribution >= 0.6 is 0 Å². The summed E-state index contributed by atoms with van der Waals surface area (Å²) in [4.78, 5) is 25.3. The first-order valence-electron chi connectivity index (χ1n) is 7.18. The normalized spacial score (nSPS) is 16.3. The molecule has 0 atom stereocenters. The van der Waals surface area contributed by atoms with Crippen molar-refractivity contribution in [3.05, 3.63) is 0 Å². The molecule has 0 bridgehead atoms. The number of piperidine rings is 1. The van der Waals surface area contributed by atoms with E-state index in [0.29, 0.717) is 19.5 Å². The summed E-state index contributed by atoms with van der Waals surface area (Å²) in [7, 11) is 0. The van der Waals surface area contributed by atoms with Gasteiger partial charge in [0, 0.05) is 31.6 Å². The second-order valence-corrected chi connectivity index (χ2v) is 6.17. The number of rotatable bonds is 5. The van der Waals surface area contributed by atoms with E-state index in [-0.39, 0.29) is 17.4 Å². The first kappa shape index (κ1) is 16.0. The molecule has 1 aliphatic heterocycles. The molecule has 0 aromatic rings. The minimum atomic E-state index is -0.194. The molecule has 5 nitrogen and oxygen atoms in total. The Hall–Kier alpha value is -1.10. The van der Waals surface area contributed by atoms with E-state index in [0.717, 1.165) is 25.9 Å². The van der Waals surface area contributed by atoms with Crippen LogP contribution in [0.4, 0.5) is 0 Å². The summed E-state index contributed by atoms with van der Waals surface area (Å²) in [6, 6.07) is 0. The number of carbonyl (C=O) groups excluding carboxylic acids is 2. The van der Waals surface area contributed by atoms with Crippen molar-refractivity contribution in [1.29, 1.82) is 0 Å². The van der Waals surface area contributed by atoms with Crippen molar-refractivity contribution >= 4 is 11.8 Å². The number of amides is 2. The van der Waals surface area contributed by atoms with Gasteiger partial charge in [0.25, 0.3) is 0 Å². The van der Waals surface area contributed by atoms with Crippen LogP contribution < -0.4 is 10.6 Å². The Morgan fingerprint density at radius 3 is 2.32 bits per heavy atom. The molecular weight excluding hydrogens is 242 g/mol. The van der Waals surface area contributed by atoms with Gasteiger partial charge >= 0.3 is 0 Å². The fourth-order valence-electron chi connectivity index (χ4n) is 2.13. The summed E-state index contributed by atoms with van der Waals surface area (Å²) in [5.41, 5.74) is -0.194. The summed E-state index contributed by atoms with van der Waals surface area (Å²) in [5, 5.41) is 5.94. The van der Waals surface area contributed by atoms with E-state index in [4.69, 9.17) is 0 Å². The fourth-order valence-corrected chi connectivity index (χ4v) is 2.13. The molecule has 0 aromatic heterocycles. The molecule has 1 rings (SSSR count). The highest BCUT2D eigenvalue weighted by Crippen LogP contribution is 2.08. The fraction of sp³-hybridized carbons (Fsp3) is 0.857. The van der Waals surface area contributed by atoms with Crippen LogP contribution in [-0.4, -0.2) is 48.4 Å². The quantitative estimate of drug-likeness (QED) is 0.729. The second-order valence-electron chi connectivity index (χ2n) is 6.17. The lowest BCUT2D eigenvalue weighted by Gasteiger charge is -2.26. The van der Waals surface area contributed by atoms with Gasteiger partial charge in [-0.25, -0.2) is 0 Å². The molecule has 0 unspecified atom stereocenters. The highest BCUT2D eigenvalue weighted by atomic mass is 16.2. The zero-order chi connectivity index (χ0) is 14.3. The van der Waals surface area contributed by atoms with Gasteiger partial charge in [0.15, 0.2) is 0 Å². The van der Waals surface area contributed by atoms with Crippen molar-refractivity contribution in [2.75, 3.05) is 26.2 Å². The Morgan fingerprint density at radius 1 is 1.11 bits per heavy atom. The number of hydrogen-bond acceptors (Lipinski definition) is 3. The third-order valence-electron chi connectivity index (χ3n) is 3.03. The van der Waals surface area contributed by atoms with Gasteiger partial charge in [-0.2, -0.15) is 0 Å². The molecule has 5 heteroatoms. The molecule has 2 amide bonds. The highest BCUT2D eigenvalue weighted by Gasteiger charge is 2.16. The Morgan fingerprint density at radius 2 is 1.74 bits per heavy atom. The molecule has 0 aliphatic carbocycles. The molecule has 0 spiro atoms. The van der Waals surface area contributed by atoms with Gasteiger partial charge in [-0.3, -0.25) is 9.59 Å². The number of likely N-dealkylation sites (tertiary alicyclic amines) is 1. The zero-order valence-corrected chi connectivity index (χ0v) is 12.4. The molecule has 1 saturated heterocycles. The number of nitrogens with one attached hydrogen (secondary N) is 2. The van der Waals surface area contributed by atoms with Gasteiger partial charge in [0.05, 0.1) is 6.54 Å². The SMILES string of the molecule is CC(C)(C)NC(=O)CCNCC(=O)N1CCCCC1. The van der Waals surface area contributed by atoms with Crippen molar-refractivity contribution < 1.29 is 9.59 Å². The molecule has 110 valence electrons. The first-order valence-corrected chi connectivity index (χ1v) is 7.18. The van der Waals surface area contributed by atoms with E-state index in [2.05, 4.69) is 10.6 Å². The smallest absolute Gasteiger partial charge is 0.236 e. The molecule has 0 radical (unpaired) electrons. The third kappa shape index (κ3) is 7.15. The summed E-state index contributed by atoms with van der Waals surface area (Å²) >= 11 is 0. The summed E-state index contributed by atoms with van der Waals surface area (Å²) in [5.74, 6) is 0.168. The molecule has 19 heavy (non-hydrogen) atoms. The van der Waals surface area contributed by atoms with E-state index in [1.807, 2.05) is 25.7 Å². The lowest BCUT2D eigenvalue weighted by atomic mass is 10.1. The Labute approximate surface area is 116 Å². The average Bonchev–Trinajstić information content (AvgIpc) is 2.33. The maximum absolute atomic E-state index is 11.8. The second kappa shape index (κ2) is 7.48. The van der Waals surface area contributed by atoms with Crippen LogP contribution in [0.5, 0.6) is 0 Å². The van der Waals surface area contributed by atoms with Gasteiger partial charge in [-0.1, -0.05) is 0 Å². The standard InChI is InChI=1S/C14H27N3O2/c1-14(2,3)16-12(18)7-8-15-11-13(19)17-9-5-4-6-10-17/h15H,4-11H2,1-3H3,(H,16,18). The van der Waals surface area contributed by atoms with E-state index in [9.17, 15) is 9.59 Å². The molecule has 1 heterocycles. The summed E-state index contributed by atoms with van der Waals surface area (Å²) in [6.07, 6.45) is 3.86. The number of nitrogens with zero attached hydrogens (tertiary/aromatic N) is 1. The van der Waals surface area contributed by atoms with Crippen molar-refractivity contribution in [2.45, 2.75) is 52.0 Å². The van der Waals surface area contributed by atoms with Crippen LogP contribution in [0, 0.1) is 0 Å². The van der Waals surface area contributed by atoms with Crippen LogP contribution in [0.1, 0.15) is 46.5 Å². The molecular formula is C14H27N3O2. The number of hydrogen-bond donors (Lipinski definition) is 2. The van der Waals surface area contributed by atoms with Gasteiger partial charge in [-0.05, 0) is 40.0 Å². The molecule has 0 aromatic carbocycles. The predicted molar refractivity (Wildman–Crippen MR) is 75.8 cm³/mol. The zero-order valence-electron chi connectivity index (χ0n) is 12.4. The lowest BCUT2D eigenvalue weighted by Crippen LogP contribution is -2.43. The van der Waals surface area contributed by atoms with Gasteiger partial charge in [0.2, 0.25) is 11.8 Å². The summed E-state index contributed by atoms with van der Waals surface area (Å²) in [6.45, 7) is 8.51. The maximum atomic E-state index is 11.8. The van der Waals surface area contributed by atoms with Crippen molar-refractivity contribution in [1.82, 2.24) is 15.5 Å². The highest BCUT2D eigenvalue weighted by molar-refractivity contribution is 5.79. The van der Waals surface area contributed by atoms with Crippen molar-refractivity contribution in [3.8, 4) is 0 Å². The first-order chi connectivity index (χ1) is 8.88. The molecule has 0 saturated carbocycles. The van der Waals surface area contributed by atoms with E-state index >= 15 is 0 Å². The Balaban J connectivity index is 2.10. The topological polar surface area (TPSA) is 61.4 Å². The lowest BCUT2D eigenvalue weighted by molar-refractivity contribution is -0.131. The van der Waals surface area contributed by atoms with Crippen molar-refractivity contribution in [3.63, 3.8) is 0 Å². The largest absolute Gasteiger partial charge is 0.351 e. The van der Waals surface area contributed by atoms with Crippen LogP contribution in [-0.2, 0) is 9.59 Å². The Kier molecular flexibility index (Phi) is 6.28. The van der Waals surface area contributed by atoms with E-state index in [1.54, 1.807) is 0 Å². The minimum Gasteiger partial charge on any atom is -0.351 e. The average molecular weight is 269 g/mol. The van der Waals surface area contributed by atoms with E-state index < -0.39 is 0 Å². The molecule has 2 N–H and O–H groups in total. The van der Waals surface area contributed by atoms with Gasteiger partial charge < -0.3 is 15.5 Å².